The van der Waals surface area contributed by atoms with Crippen LogP contribution in [0.2, 0.25) is 0 Å². The molecule has 0 aliphatic carbocycles. The average molecular weight is 394 g/mol. The molecule has 154 valence electrons. The number of aromatic nitrogens is 2. The fraction of sp³-hybridized carbons (Fsp3) is 0.545. The second-order valence-corrected chi connectivity index (χ2v) is 8.69. The highest BCUT2D eigenvalue weighted by Crippen LogP contribution is 2.38. The van der Waals surface area contributed by atoms with Gasteiger partial charge in [0.05, 0.1) is 11.7 Å². The Kier molecular flexibility index (Phi) is 5.22. The summed E-state index contributed by atoms with van der Waals surface area (Å²) in [6.07, 6.45) is 4.89. The van der Waals surface area contributed by atoms with Crippen LogP contribution in [0.4, 0.5) is 5.82 Å². The molecule has 5 rings (SSSR count). The molecule has 3 N–H and O–H groups in total. The summed E-state index contributed by atoms with van der Waals surface area (Å²) in [5.74, 6) is 1.65. The summed E-state index contributed by atoms with van der Waals surface area (Å²) in [6.45, 7) is 7.41. The summed E-state index contributed by atoms with van der Waals surface area (Å²) in [4.78, 5) is 14.3. The van der Waals surface area contributed by atoms with Crippen LogP contribution in [-0.2, 0) is 0 Å². The van der Waals surface area contributed by atoms with Gasteiger partial charge in [-0.3, -0.25) is 10.4 Å². The van der Waals surface area contributed by atoms with E-state index in [1.807, 2.05) is 18.5 Å². The third-order valence-corrected chi connectivity index (χ3v) is 6.76. The van der Waals surface area contributed by atoms with Crippen molar-refractivity contribution in [1.29, 1.82) is 0 Å². The molecule has 4 unspecified atom stereocenters. The lowest BCUT2D eigenvalue weighted by Crippen LogP contribution is -2.46. The van der Waals surface area contributed by atoms with Gasteiger partial charge in [0.25, 0.3) is 0 Å². The number of piperazine rings is 1. The van der Waals surface area contributed by atoms with Crippen LogP contribution in [0.1, 0.15) is 35.3 Å². The number of anilines is 1. The normalized spacial score (nSPS) is 30.3. The van der Waals surface area contributed by atoms with E-state index in [0.29, 0.717) is 18.0 Å². The number of pyridine rings is 2. The zero-order chi connectivity index (χ0) is 19.8. The van der Waals surface area contributed by atoms with Crippen LogP contribution in [0.25, 0.3) is 0 Å². The third kappa shape index (κ3) is 3.75. The van der Waals surface area contributed by atoms with Crippen LogP contribution in [0.5, 0.6) is 0 Å². The van der Waals surface area contributed by atoms with Crippen LogP contribution in [-0.4, -0.2) is 60.7 Å². The fourth-order valence-electron chi connectivity index (χ4n) is 4.94. The zero-order valence-corrected chi connectivity index (χ0v) is 17.3. The van der Waals surface area contributed by atoms with Gasteiger partial charge in [-0.15, -0.1) is 0 Å². The number of rotatable bonds is 3. The van der Waals surface area contributed by atoms with E-state index in [0.717, 1.165) is 50.7 Å². The Morgan fingerprint density at radius 1 is 1.07 bits per heavy atom. The van der Waals surface area contributed by atoms with Gasteiger partial charge in [-0.05, 0) is 43.7 Å². The first-order valence-electron chi connectivity index (χ1n) is 10.7. The standard InChI is InChI=1S/C22H31N7/c1-15-5-6-18(25-22(15)29-10-8-28(2)9-11-29)21-17-12-19(16-4-3-7-23-13-16)24-14-20(17)26-27-21/h3-7,13,17,19-21,24,26-27H,8-12,14H2,1-2H3. The average Bonchev–Trinajstić information content (AvgIpc) is 3.19. The number of likely N-dealkylation sites (N-methyl/N-ethyl adjacent to an activating group) is 1. The first-order valence-corrected chi connectivity index (χ1v) is 10.7. The molecule has 4 atom stereocenters. The predicted octanol–water partition coefficient (Wildman–Crippen LogP) is 1.41. The van der Waals surface area contributed by atoms with Crippen LogP contribution in [0.3, 0.4) is 0 Å². The number of hydrogen-bond acceptors (Lipinski definition) is 7. The minimum atomic E-state index is 0.230. The minimum absolute atomic E-state index is 0.230. The van der Waals surface area contributed by atoms with Crippen LogP contribution >= 0.6 is 0 Å². The van der Waals surface area contributed by atoms with Gasteiger partial charge in [-0.2, -0.15) is 0 Å². The number of fused-ring (bicyclic) bond motifs is 1. The van der Waals surface area contributed by atoms with Crippen molar-refractivity contribution >= 4 is 5.82 Å². The number of aryl methyl sites for hydroxylation is 1. The lowest BCUT2D eigenvalue weighted by atomic mass is 9.81. The Morgan fingerprint density at radius 2 is 1.93 bits per heavy atom. The van der Waals surface area contributed by atoms with Crippen LogP contribution < -0.4 is 21.1 Å². The first-order chi connectivity index (χ1) is 14.2. The lowest BCUT2D eigenvalue weighted by molar-refractivity contribution is 0.265. The van der Waals surface area contributed by atoms with Gasteiger partial charge in [-0.1, -0.05) is 12.1 Å². The summed E-state index contributed by atoms with van der Waals surface area (Å²) < 4.78 is 0. The molecule has 0 radical (unpaired) electrons. The number of nitrogens with zero attached hydrogens (tertiary/aromatic N) is 4. The molecule has 0 aromatic carbocycles. The number of hydrazine groups is 1. The maximum absolute atomic E-state index is 5.16. The van der Waals surface area contributed by atoms with Crippen molar-refractivity contribution in [3.05, 3.63) is 53.5 Å². The van der Waals surface area contributed by atoms with E-state index < -0.39 is 0 Å². The molecule has 7 nitrogen and oxygen atoms in total. The molecule has 3 aliphatic heterocycles. The molecule has 3 fully saturated rings. The van der Waals surface area contributed by atoms with Gasteiger partial charge in [0, 0.05) is 63.1 Å². The summed E-state index contributed by atoms with van der Waals surface area (Å²) in [5.41, 5.74) is 10.7. The Bertz CT molecular complexity index is 834. The van der Waals surface area contributed by atoms with Crippen molar-refractivity contribution in [3.63, 3.8) is 0 Å². The van der Waals surface area contributed by atoms with Crippen molar-refractivity contribution in [2.75, 3.05) is 44.7 Å². The van der Waals surface area contributed by atoms with Gasteiger partial charge in [-0.25, -0.2) is 10.4 Å². The van der Waals surface area contributed by atoms with Crippen molar-refractivity contribution in [1.82, 2.24) is 31.0 Å². The monoisotopic (exact) mass is 393 g/mol. The van der Waals surface area contributed by atoms with Crippen molar-refractivity contribution in [3.8, 4) is 0 Å². The first kappa shape index (κ1) is 18.9. The molecule has 0 spiro atoms. The molecule has 0 saturated carbocycles. The molecule has 3 aliphatic rings. The van der Waals surface area contributed by atoms with E-state index in [2.05, 4.69) is 63.1 Å². The SMILES string of the molecule is Cc1ccc(C2NNC3CNC(c4cccnc4)CC32)nc1N1CCN(C)CC1. The van der Waals surface area contributed by atoms with Crippen LogP contribution in [0, 0.1) is 12.8 Å². The Labute approximate surface area is 172 Å². The fourth-order valence-corrected chi connectivity index (χ4v) is 4.94. The summed E-state index contributed by atoms with van der Waals surface area (Å²) >= 11 is 0. The highest BCUT2D eigenvalue weighted by atomic mass is 15.4. The quantitative estimate of drug-likeness (QED) is 0.728. The van der Waals surface area contributed by atoms with Crippen LogP contribution in [0.15, 0.2) is 36.7 Å². The Hall–Kier alpha value is -2.06. The van der Waals surface area contributed by atoms with E-state index in [9.17, 15) is 0 Å². The molecule has 0 bridgehead atoms. The molecule has 7 heteroatoms. The number of piperidine rings is 1. The predicted molar refractivity (Wildman–Crippen MR) is 115 cm³/mol. The zero-order valence-electron chi connectivity index (χ0n) is 17.3. The van der Waals surface area contributed by atoms with E-state index in [1.54, 1.807) is 0 Å². The molecule has 2 aromatic heterocycles. The van der Waals surface area contributed by atoms with Gasteiger partial charge < -0.3 is 15.1 Å². The third-order valence-electron chi connectivity index (χ3n) is 6.76. The summed E-state index contributed by atoms with van der Waals surface area (Å²) in [7, 11) is 2.19. The summed E-state index contributed by atoms with van der Waals surface area (Å²) in [6, 6.07) is 9.64. The largest absolute Gasteiger partial charge is 0.354 e. The van der Waals surface area contributed by atoms with E-state index >= 15 is 0 Å². The second-order valence-electron chi connectivity index (χ2n) is 8.69. The minimum Gasteiger partial charge on any atom is -0.354 e. The van der Waals surface area contributed by atoms with E-state index in [4.69, 9.17) is 4.98 Å². The molecule has 0 amide bonds. The lowest BCUT2D eigenvalue weighted by Gasteiger charge is -2.35. The Balaban J connectivity index is 1.37. The highest BCUT2D eigenvalue weighted by Gasteiger charge is 2.42. The van der Waals surface area contributed by atoms with Crippen molar-refractivity contribution in [2.24, 2.45) is 5.92 Å². The second kappa shape index (κ2) is 7.99. The smallest absolute Gasteiger partial charge is 0.131 e. The van der Waals surface area contributed by atoms with Gasteiger partial charge in [0.2, 0.25) is 0 Å². The number of hydrogen-bond donors (Lipinski definition) is 3. The molecule has 5 heterocycles. The van der Waals surface area contributed by atoms with Gasteiger partial charge in [0.1, 0.15) is 5.82 Å². The topological polar surface area (TPSA) is 68.3 Å². The van der Waals surface area contributed by atoms with Gasteiger partial charge >= 0.3 is 0 Å². The maximum atomic E-state index is 5.16. The van der Waals surface area contributed by atoms with E-state index in [1.165, 1.54) is 11.1 Å². The molecular weight excluding hydrogens is 362 g/mol. The Morgan fingerprint density at radius 3 is 2.72 bits per heavy atom. The van der Waals surface area contributed by atoms with Gasteiger partial charge in [0.15, 0.2) is 0 Å². The number of nitrogens with one attached hydrogen (secondary N) is 3. The summed E-state index contributed by atoms with van der Waals surface area (Å²) in [5, 5.41) is 3.68. The molecule has 3 saturated heterocycles. The molecule has 2 aromatic rings. The maximum Gasteiger partial charge on any atom is 0.131 e. The highest BCUT2D eigenvalue weighted by molar-refractivity contribution is 5.48. The molecular formula is C22H31N7. The van der Waals surface area contributed by atoms with E-state index in [-0.39, 0.29) is 6.04 Å². The van der Waals surface area contributed by atoms with Crippen molar-refractivity contribution in [2.45, 2.75) is 31.5 Å². The molecule has 29 heavy (non-hydrogen) atoms. The van der Waals surface area contributed by atoms with Crippen molar-refractivity contribution < 1.29 is 0 Å².